The van der Waals surface area contributed by atoms with Gasteiger partial charge < -0.3 is 5.32 Å². The number of benzene rings is 1. The number of rotatable bonds is 3. The van der Waals surface area contributed by atoms with E-state index in [0.717, 1.165) is 25.8 Å². The maximum atomic E-state index is 12.5. The molecular weight excluding hydrogens is 210 g/mol. The predicted octanol–water partition coefficient (Wildman–Crippen LogP) is 2.50. The fraction of sp³-hybridized carbons (Fsp3) is 0.533. The Balaban J connectivity index is 1.71. The van der Waals surface area contributed by atoms with Crippen LogP contribution in [0.15, 0.2) is 30.3 Å². The third-order valence-corrected chi connectivity index (χ3v) is 4.27. The zero-order valence-electron chi connectivity index (χ0n) is 10.3. The minimum absolute atomic E-state index is 0.242. The molecule has 1 saturated carbocycles. The Hall–Kier alpha value is -1.15. The average Bonchev–Trinajstić information content (AvgIpc) is 3.05. The molecular formula is C15H19NO. The first kappa shape index (κ1) is 11.0. The summed E-state index contributed by atoms with van der Waals surface area (Å²) in [5.74, 6) is 1.17. The van der Waals surface area contributed by atoms with E-state index in [-0.39, 0.29) is 11.5 Å². The van der Waals surface area contributed by atoms with E-state index in [1.165, 1.54) is 5.56 Å². The molecule has 1 aliphatic carbocycles. The van der Waals surface area contributed by atoms with Crippen molar-refractivity contribution < 1.29 is 4.79 Å². The van der Waals surface area contributed by atoms with Gasteiger partial charge in [0, 0.05) is 5.92 Å². The van der Waals surface area contributed by atoms with Gasteiger partial charge >= 0.3 is 0 Å². The second-order valence-corrected chi connectivity index (χ2v) is 5.59. The van der Waals surface area contributed by atoms with Crippen LogP contribution in [0.4, 0.5) is 0 Å². The summed E-state index contributed by atoms with van der Waals surface area (Å²) in [5, 5.41) is 3.38. The molecule has 0 bridgehead atoms. The predicted molar refractivity (Wildman–Crippen MR) is 67.9 cm³/mol. The highest BCUT2D eigenvalue weighted by atomic mass is 16.1. The summed E-state index contributed by atoms with van der Waals surface area (Å²) in [6.45, 7) is 3.06. The first-order chi connectivity index (χ1) is 8.21. The van der Waals surface area contributed by atoms with E-state index in [2.05, 4.69) is 36.5 Å². The molecule has 2 heteroatoms. The highest BCUT2D eigenvalue weighted by molar-refractivity contribution is 5.93. The van der Waals surface area contributed by atoms with Crippen molar-refractivity contribution in [2.75, 3.05) is 6.54 Å². The molecule has 90 valence electrons. The highest BCUT2D eigenvalue weighted by Gasteiger charge is 2.50. The molecule has 17 heavy (non-hydrogen) atoms. The van der Waals surface area contributed by atoms with Gasteiger partial charge in [-0.15, -0.1) is 0 Å². The number of nitrogens with one attached hydrogen (secondary N) is 1. The Morgan fingerprint density at radius 3 is 2.76 bits per heavy atom. The van der Waals surface area contributed by atoms with E-state index in [1.807, 2.05) is 6.07 Å². The molecule has 0 aromatic heterocycles. The molecule has 3 unspecified atom stereocenters. The zero-order valence-corrected chi connectivity index (χ0v) is 10.3. The molecule has 1 heterocycles. The third-order valence-electron chi connectivity index (χ3n) is 4.27. The molecule has 3 rings (SSSR count). The van der Waals surface area contributed by atoms with Gasteiger partial charge in [0.05, 0.1) is 5.54 Å². The Bertz CT molecular complexity index is 420. The number of carbonyl (C=O) groups excluding carboxylic acids is 1. The summed E-state index contributed by atoms with van der Waals surface area (Å²) in [5.41, 5.74) is 1.08. The van der Waals surface area contributed by atoms with Gasteiger partial charge in [-0.05, 0) is 44.2 Å². The van der Waals surface area contributed by atoms with Gasteiger partial charge in [0.15, 0.2) is 5.78 Å². The van der Waals surface area contributed by atoms with Gasteiger partial charge in [-0.3, -0.25) is 4.79 Å². The van der Waals surface area contributed by atoms with Gasteiger partial charge in [0.1, 0.15) is 0 Å². The van der Waals surface area contributed by atoms with Crippen molar-refractivity contribution >= 4 is 5.78 Å². The van der Waals surface area contributed by atoms with Crippen LogP contribution in [0.3, 0.4) is 0 Å². The normalized spacial score (nSPS) is 35.8. The van der Waals surface area contributed by atoms with Crippen LogP contribution in [0.25, 0.3) is 0 Å². The quantitative estimate of drug-likeness (QED) is 0.862. The van der Waals surface area contributed by atoms with Crippen LogP contribution in [0.1, 0.15) is 37.7 Å². The topological polar surface area (TPSA) is 29.1 Å². The SMILES string of the molecule is CC1(C(=O)C2CC2c2ccccc2)CCCN1. The number of Topliss-reactive ketones (excluding diaryl/α,β-unsaturated/α-hetero) is 1. The molecule has 1 saturated heterocycles. The van der Waals surface area contributed by atoms with Crippen LogP contribution in [-0.2, 0) is 4.79 Å². The van der Waals surface area contributed by atoms with Crippen LogP contribution in [-0.4, -0.2) is 17.9 Å². The number of ketones is 1. The molecule has 0 amide bonds. The maximum absolute atomic E-state index is 12.5. The highest BCUT2D eigenvalue weighted by Crippen LogP contribution is 2.50. The Kier molecular flexibility index (Phi) is 2.55. The Morgan fingerprint density at radius 1 is 1.35 bits per heavy atom. The molecule has 2 fully saturated rings. The van der Waals surface area contributed by atoms with Gasteiger partial charge in [0.2, 0.25) is 0 Å². The second kappa shape index (κ2) is 3.95. The van der Waals surface area contributed by atoms with Crippen LogP contribution < -0.4 is 5.32 Å². The van der Waals surface area contributed by atoms with E-state index in [9.17, 15) is 4.79 Å². The van der Waals surface area contributed by atoms with Crippen LogP contribution in [0, 0.1) is 5.92 Å². The molecule has 1 aliphatic heterocycles. The van der Waals surface area contributed by atoms with Crippen LogP contribution in [0.5, 0.6) is 0 Å². The lowest BCUT2D eigenvalue weighted by atomic mass is 9.90. The molecule has 2 aliphatic rings. The van der Waals surface area contributed by atoms with Gasteiger partial charge in [-0.25, -0.2) is 0 Å². The lowest BCUT2D eigenvalue weighted by molar-refractivity contribution is -0.125. The van der Waals surface area contributed by atoms with E-state index >= 15 is 0 Å². The first-order valence-electron chi connectivity index (χ1n) is 6.55. The zero-order chi connectivity index (χ0) is 11.9. The second-order valence-electron chi connectivity index (χ2n) is 5.59. The van der Waals surface area contributed by atoms with E-state index in [0.29, 0.717) is 11.7 Å². The first-order valence-corrected chi connectivity index (χ1v) is 6.55. The average molecular weight is 229 g/mol. The molecule has 0 radical (unpaired) electrons. The van der Waals surface area contributed by atoms with Crippen molar-refractivity contribution in [1.82, 2.24) is 5.32 Å². The number of carbonyl (C=O) groups is 1. The summed E-state index contributed by atoms with van der Waals surface area (Å²) in [7, 11) is 0. The summed E-state index contributed by atoms with van der Waals surface area (Å²) < 4.78 is 0. The molecule has 2 nitrogen and oxygen atoms in total. The number of hydrogen-bond donors (Lipinski definition) is 1. The minimum atomic E-state index is -0.242. The number of hydrogen-bond acceptors (Lipinski definition) is 2. The van der Waals surface area contributed by atoms with Crippen molar-refractivity contribution in [2.24, 2.45) is 5.92 Å². The van der Waals surface area contributed by atoms with Gasteiger partial charge in [-0.1, -0.05) is 30.3 Å². The lowest BCUT2D eigenvalue weighted by Gasteiger charge is -2.22. The van der Waals surface area contributed by atoms with E-state index < -0.39 is 0 Å². The molecule has 0 spiro atoms. The van der Waals surface area contributed by atoms with Crippen molar-refractivity contribution in [2.45, 2.75) is 37.6 Å². The molecule has 1 N–H and O–H groups in total. The molecule has 1 aromatic rings. The fourth-order valence-corrected chi connectivity index (χ4v) is 3.07. The van der Waals surface area contributed by atoms with Crippen molar-refractivity contribution in [3.05, 3.63) is 35.9 Å². The van der Waals surface area contributed by atoms with Crippen molar-refractivity contribution in [3.8, 4) is 0 Å². The standard InChI is InChI=1S/C15H19NO/c1-15(8-5-9-16-15)14(17)13-10-12(13)11-6-3-2-4-7-11/h2-4,6-7,12-13,16H,5,8-10H2,1H3. The third kappa shape index (κ3) is 1.91. The summed E-state index contributed by atoms with van der Waals surface area (Å²) in [6.07, 6.45) is 3.18. The van der Waals surface area contributed by atoms with E-state index in [1.54, 1.807) is 0 Å². The molecule has 3 atom stereocenters. The van der Waals surface area contributed by atoms with E-state index in [4.69, 9.17) is 0 Å². The lowest BCUT2D eigenvalue weighted by Crippen LogP contribution is -2.45. The van der Waals surface area contributed by atoms with Crippen molar-refractivity contribution in [1.29, 1.82) is 0 Å². The van der Waals surface area contributed by atoms with Gasteiger partial charge in [-0.2, -0.15) is 0 Å². The van der Waals surface area contributed by atoms with Gasteiger partial charge in [0.25, 0.3) is 0 Å². The molecule has 1 aromatic carbocycles. The largest absolute Gasteiger partial charge is 0.305 e. The Labute approximate surface area is 102 Å². The monoisotopic (exact) mass is 229 g/mol. The summed E-state index contributed by atoms with van der Waals surface area (Å²) >= 11 is 0. The smallest absolute Gasteiger partial charge is 0.156 e. The maximum Gasteiger partial charge on any atom is 0.156 e. The summed E-state index contributed by atoms with van der Waals surface area (Å²) in [4.78, 5) is 12.5. The Morgan fingerprint density at radius 2 is 2.12 bits per heavy atom. The van der Waals surface area contributed by atoms with Crippen LogP contribution in [0.2, 0.25) is 0 Å². The minimum Gasteiger partial charge on any atom is -0.305 e. The van der Waals surface area contributed by atoms with Crippen LogP contribution >= 0.6 is 0 Å². The summed E-state index contributed by atoms with van der Waals surface area (Å²) in [6, 6.07) is 10.4. The fourth-order valence-electron chi connectivity index (χ4n) is 3.07. The van der Waals surface area contributed by atoms with Crippen molar-refractivity contribution in [3.63, 3.8) is 0 Å².